The molecule has 88 valence electrons. The number of nitrogens with one attached hydrogen (secondary N) is 1. The molecule has 0 heterocycles. The van der Waals surface area contributed by atoms with Crippen molar-refractivity contribution in [2.75, 3.05) is 13.6 Å². The van der Waals surface area contributed by atoms with Crippen LogP contribution in [0.15, 0.2) is 0 Å². The van der Waals surface area contributed by atoms with Crippen LogP contribution in [0.4, 0.5) is 0 Å². The molecule has 0 radical (unpaired) electrons. The average Bonchev–Trinajstić information content (AvgIpc) is 2.10. The number of hydrazine groups is 1. The van der Waals surface area contributed by atoms with E-state index in [0.29, 0.717) is 5.92 Å². The average molecular weight is 213 g/mol. The Morgan fingerprint density at radius 2 is 2.13 bits per heavy atom. The van der Waals surface area contributed by atoms with Crippen LogP contribution >= 0.6 is 0 Å². The van der Waals surface area contributed by atoms with Gasteiger partial charge in [0.25, 0.3) is 5.91 Å². The first-order valence-corrected chi connectivity index (χ1v) is 5.77. The number of hydrogen-bond acceptors (Lipinski definition) is 3. The summed E-state index contributed by atoms with van der Waals surface area (Å²) in [4.78, 5) is 13.7. The van der Waals surface area contributed by atoms with Gasteiger partial charge in [-0.2, -0.15) is 0 Å². The molecule has 3 N–H and O–H groups in total. The van der Waals surface area contributed by atoms with Gasteiger partial charge in [-0.15, -0.1) is 0 Å². The van der Waals surface area contributed by atoms with Crippen LogP contribution in [-0.4, -0.2) is 30.4 Å². The van der Waals surface area contributed by atoms with Gasteiger partial charge in [0, 0.05) is 6.54 Å². The molecule has 1 aliphatic carbocycles. The first-order valence-electron chi connectivity index (χ1n) is 5.77. The lowest BCUT2D eigenvalue weighted by molar-refractivity contribution is -0.127. The van der Waals surface area contributed by atoms with Gasteiger partial charge in [0.15, 0.2) is 0 Å². The fourth-order valence-corrected chi connectivity index (χ4v) is 2.29. The van der Waals surface area contributed by atoms with Crippen molar-refractivity contribution in [1.29, 1.82) is 0 Å². The molecule has 0 spiro atoms. The van der Waals surface area contributed by atoms with Crippen molar-refractivity contribution in [3.05, 3.63) is 0 Å². The molecular weight excluding hydrogens is 190 g/mol. The minimum Gasteiger partial charge on any atom is -0.295 e. The van der Waals surface area contributed by atoms with Gasteiger partial charge >= 0.3 is 0 Å². The van der Waals surface area contributed by atoms with Crippen LogP contribution in [0.1, 0.15) is 33.1 Å². The van der Waals surface area contributed by atoms with Crippen LogP contribution < -0.4 is 11.3 Å². The molecule has 0 saturated heterocycles. The van der Waals surface area contributed by atoms with Gasteiger partial charge in [0.1, 0.15) is 0 Å². The summed E-state index contributed by atoms with van der Waals surface area (Å²) in [7, 11) is 2.01. The second-order valence-corrected chi connectivity index (χ2v) is 4.93. The number of rotatable bonds is 5. The molecule has 1 fully saturated rings. The fraction of sp³-hybridized carbons (Fsp3) is 0.909. The minimum absolute atomic E-state index is 0.0770. The third-order valence-electron chi connectivity index (χ3n) is 3.29. The smallest absolute Gasteiger partial charge is 0.251 e. The van der Waals surface area contributed by atoms with Crippen LogP contribution in [0.2, 0.25) is 0 Å². The quantitative estimate of drug-likeness (QED) is 0.402. The van der Waals surface area contributed by atoms with E-state index in [1.807, 2.05) is 7.05 Å². The summed E-state index contributed by atoms with van der Waals surface area (Å²) >= 11 is 0. The second-order valence-electron chi connectivity index (χ2n) is 4.93. The first kappa shape index (κ1) is 12.5. The van der Waals surface area contributed by atoms with Crippen molar-refractivity contribution in [1.82, 2.24) is 10.3 Å². The number of amides is 1. The number of hydrogen-bond donors (Lipinski definition) is 2. The molecule has 15 heavy (non-hydrogen) atoms. The summed E-state index contributed by atoms with van der Waals surface area (Å²) in [6.07, 6.45) is 3.95. The summed E-state index contributed by atoms with van der Waals surface area (Å²) in [6, 6.07) is -0.101. The third kappa shape index (κ3) is 3.18. The molecule has 0 aromatic carbocycles. The summed E-state index contributed by atoms with van der Waals surface area (Å²) in [5.41, 5.74) is 2.26. The lowest BCUT2D eigenvalue weighted by atomic mass is 9.84. The second kappa shape index (κ2) is 5.47. The van der Waals surface area contributed by atoms with Crippen molar-refractivity contribution in [2.45, 2.75) is 39.2 Å². The number of nitrogens with zero attached hydrogens (tertiary/aromatic N) is 1. The molecule has 1 rings (SSSR count). The van der Waals surface area contributed by atoms with Gasteiger partial charge < -0.3 is 0 Å². The maximum absolute atomic E-state index is 11.6. The molecule has 0 aromatic heterocycles. The normalized spacial score (nSPS) is 19.1. The van der Waals surface area contributed by atoms with E-state index in [4.69, 9.17) is 5.84 Å². The molecular formula is C11H23N3O. The van der Waals surface area contributed by atoms with E-state index in [0.717, 1.165) is 12.5 Å². The number of carbonyl (C=O) groups excluding carboxylic acids is 1. The van der Waals surface area contributed by atoms with E-state index in [1.165, 1.54) is 19.3 Å². The topological polar surface area (TPSA) is 58.4 Å². The summed E-state index contributed by atoms with van der Waals surface area (Å²) in [6.45, 7) is 5.12. The summed E-state index contributed by atoms with van der Waals surface area (Å²) in [5, 5.41) is 0. The Morgan fingerprint density at radius 3 is 2.47 bits per heavy atom. The van der Waals surface area contributed by atoms with Gasteiger partial charge in [-0.1, -0.05) is 20.3 Å². The van der Waals surface area contributed by atoms with Crippen molar-refractivity contribution in [3.63, 3.8) is 0 Å². The maximum atomic E-state index is 11.6. The van der Waals surface area contributed by atoms with E-state index in [2.05, 4.69) is 24.2 Å². The standard InChI is InChI=1S/C11H23N3O/c1-8(2)10(11(15)13-12)14(3)7-9-5-4-6-9/h8-10H,4-7,12H2,1-3H3,(H,13,15). The maximum Gasteiger partial charge on any atom is 0.251 e. The monoisotopic (exact) mass is 213 g/mol. The van der Waals surface area contributed by atoms with E-state index in [-0.39, 0.29) is 11.9 Å². The largest absolute Gasteiger partial charge is 0.295 e. The van der Waals surface area contributed by atoms with E-state index in [9.17, 15) is 4.79 Å². The van der Waals surface area contributed by atoms with E-state index in [1.54, 1.807) is 0 Å². The van der Waals surface area contributed by atoms with Crippen molar-refractivity contribution < 1.29 is 4.79 Å². The Labute approximate surface area is 92.2 Å². The van der Waals surface area contributed by atoms with Crippen LogP contribution in [-0.2, 0) is 4.79 Å². The van der Waals surface area contributed by atoms with Gasteiger partial charge in [0.05, 0.1) is 6.04 Å². The number of likely N-dealkylation sites (N-methyl/N-ethyl adjacent to an activating group) is 1. The number of nitrogens with two attached hydrogens (primary N) is 1. The van der Waals surface area contributed by atoms with Crippen LogP contribution in [0.25, 0.3) is 0 Å². The predicted octanol–water partition coefficient (Wildman–Crippen LogP) is 0.733. The van der Waals surface area contributed by atoms with Gasteiger partial charge in [-0.25, -0.2) is 5.84 Å². The zero-order valence-electron chi connectivity index (χ0n) is 9.99. The summed E-state index contributed by atoms with van der Waals surface area (Å²) in [5.74, 6) is 6.19. The van der Waals surface area contributed by atoms with Gasteiger partial charge in [-0.3, -0.25) is 15.1 Å². The minimum atomic E-state index is -0.101. The molecule has 0 aromatic rings. The highest BCUT2D eigenvalue weighted by molar-refractivity contribution is 5.81. The zero-order valence-corrected chi connectivity index (χ0v) is 9.99. The Balaban J connectivity index is 2.49. The Kier molecular flexibility index (Phi) is 4.54. The fourth-order valence-electron chi connectivity index (χ4n) is 2.29. The summed E-state index contributed by atoms with van der Waals surface area (Å²) < 4.78 is 0. The molecule has 0 bridgehead atoms. The lowest BCUT2D eigenvalue weighted by Crippen LogP contribution is -2.51. The highest BCUT2D eigenvalue weighted by Crippen LogP contribution is 2.27. The van der Waals surface area contributed by atoms with Crippen LogP contribution in [0, 0.1) is 11.8 Å². The molecule has 0 aliphatic heterocycles. The highest BCUT2D eigenvalue weighted by atomic mass is 16.2. The molecule has 4 nitrogen and oxygen atoms in total. The molecule has 1 unspecified atom stereocenters. The van der Waals surface area contributed by atoms with Crippen molar-refractivity contribution in [2.24, 2.45) is 17.7 Å². The van der Waals surface area contributed by atoms with Gasteiger partial charge in [-0.05, 0) is 31.7 Å². The predicted molar refractivity (Wildman–Crippen MR) is 60.9 cm³/mol. The van der Waals surface area contributed by atoms with Crippen molar-refractivity contribution in [3.8, 4) is 0 Å². The third-order valence-corrected chi connectivity index (χ3v) is 3.29. The van der Waals surface area contributed by atoms with E-state index >= 15 is 0 Å². The van der Waals surface area contributed by atoms with Crippen LogP contribution in [0.3, 0.4) is 0 Å². The first-order chi connectivity index (χ1) is 7.06. The zero-order chi connectivity index (χ0) is 11.4. The van der Waals surface area contributed by atoms with Crippen LogP contribution in [0.5, 0.6) is 0 Å². The molecule has 4 heteroatoms. The molecule has 1 amide bonds. The Hall–Kier alpha value is -0.610. The Morgan fingerprint density at radius 1 is 1.53 bits per heavy atom. The molecule has 1 atom stereocenters. The molecule has 1 saturated carbocycles. The highest BCUT2D eigenvalue weighted by Gasteiger charge is 2.29. The van der Waals surface area contributed by atoms with E-state index < -0.39 is 0 Å². The van der Waals surface area contributed by atoms with Gasteiger partial charge in [0.2, 0.25) is 0 Å². The number of carbonyl (C=O) groups is 1. The Bertz CT molecular complexity index is 214. The SMILES string of the molecule is CC(C)C(C(=O)NN)N(C)CC1CCC1. The molecule has 1 aliphatic rings. The van der Waals surface area contributed by atoms with Crippen molar-refractivity contribution >= 4 is 5.91 Å². The lowest BCUT2D eigenvalue weighted by Gasteiger charge is -2.35.